The molecule has 0 spiro atoms. The van der Waals surface area contributed by atoms with Gasteiger partial charge < -0.3 is 4.74 Å². The molecular formula is C16H17N3O3. The Hall–Kier alpha value is -2.89. The summed E-state index contributed by atoms with van der Waals surface area (Å²) in [5.41, 5.74) is 6.10. The zero-order chi connectivity index (χ0) is 15.9. The minimum atomic E-state index is -0.739. The lowest BCUT2D eigenvalue weighted by atomic mass is 10.2. The molecule has 2 amide bonds. The lowest BCUT2D eigenvalue weighted by Crippen LogP contribution is -2.47. The van der Waals surface area contributed by atoms with Crippen LogP contribution in [0.15, 0.2) is 48.8 Å². The second kappa shape index (κ2) is 7.21. The van der Waals surface area contributed by atoms with Crippen LogP contribution in [0.4, 0.5) is 0 Å². The number of pyridine rings is 1. The Labute approximate surface area is 128 Å². The van der Waals surface area contributed by atoms with Crippen LogP contribution in [0.5, 0.6) is 5.75 Å². The first-order valence-corrected chi connectivity index (χ1v) is 6.80. The number of ether oxygens (including phenoxy) is 1. The molecule has 0 aliphatic carbocycles. The molecular weight excluding hydrogens is 282 g/mol. The lowest BCUT2D eigenvalue weighted by Gasteiger charge is -2.15. The first kappa shape index (κ1) is 15.5. The topological polar surface area (TPSA) is 80.3 Å². The van der Waals surface area contributed by atoms with Crippen molar-refractivity contribution in [2.45, 2.75) is 20.0 Å². The molecule has 0 aliphatic rings. The molecule has 0 saturated carbocycles. The van der Waals surface area contributed by atoms with Crippen LogP contribution >= 0.6 is 0 Å². The molecule has 114 valence electrons. The molecule has 1 unspecified atom stereocenters. The molecule has 0 aliphatic heterocycles. The van der Waals surface area contributed by atoms with Gasteiger partial charge in [0.2, 0.25) is 0 Å². The fourth-order valence-corrected chi connectivity index (χ4v) is 1.66. The van der Waals surface area contributed by atoms with Gasteiger partial charge in [-0.25, -0.2) is 0 Å². The molecule has 0 saturated heterocycles. The van der Waals surface area contributed by atoms with E-state index in [-0.39, 0.29) is 0 Å². The Bertz CT molecular complexity index is 641. The fraction of sp³-hybridized carbons (Fsp3) is 0.188. The Morgan fingerprint density at radius 2 is 1.86 bits per heavy atom. The number of hydrazine groups is 1. The number of nitrogens with zero attached hydrogens (tertiary/aromatic N) is 1. The predicted molar refractivity (Wildman–Crippen MR) is 81.1 cm³/mol. The van der Waals surface area contributed by atoms with Gasteiger partial charge in [-0.3, -0.25) is 25.4 Å². The van der Waals surface area contributed by atoms with Gasteiger partial charge in [-0.15, -0.1) is 0 Å². The molecule has 0 fully saturated rings. The van der Waals surface area contributed by atoms with Gasteiger partial charge in [0.15, 0.2) is 6.10 Å². The summed E-state index contributed by atoms with van der Waals surface area (Å²) in [6, 6.07) is 10.6. The number of carbonyl (C=O) groups is 2. The predicted octanol–water partition coefficient (Wildman–Crippen LogP) is 1.62. The Morgan fingerprint density at radius 1 is 1.14 bits per heavy atom. The molecule has 1 atom stereocenters. The molecule has 2 aromatic rings. The van der Waals surface area contributed by atoms with Crippen molar-refractivity contribution in [3.63, 3.8) is 0 Å². The number of benzene rings is 1. The number of rotatable bonds is 4. The monoisotopic (exact) mass is 299 g/mol. The third-order valence-corrected chi connectivity index (χ3v) is 2.93. The summed E-state index contributed by atoms with van der Waals surface area (Å²) in [6.07, 6.45) is 2.23. The average Bonchev–Trinajstić information content (AvgIpc) is 2.55. The highest BCUT2D eigenvalue weighted by molar-refractivity contribution is 5.95. The summed E-state index contributed by atoms with van der Waals surface area (Å²) < 4.78 is 5.49. The van der Waals surface area contributed by atoms with Crippen molar-refractivity contribution in [3.05, 3.63) is 59.9 Å². The second-order valence-electron chi connectivity index (χ2n) is 4.76. The highest BCUT2D eigenvalue weighted by atomic mass is 16.5. The highest BCUT2D eigenvalue weighted by Crippen LogP contribution is 2.13. The van der Waals surface area contributed by atoms with Gasteiger partial charge in [-0.1, -0.05) is 17.7 Å². The zero-order valence-electron chi connectivity index (χ0n) is 12.4. The van der Waals surface area contributed by atoms with Gasteiger partial charge in [0, 0.05) is 12.4 Å². The maximum Gasteiger partial charge on any atom is 0.279 e. The number of aryl methyl sites for hydroxylation is 1. The SMILES string of the molecule is Cc1ccc(OC(C)C(=O)NNC(=O)c2cccnc2)cc1. The maximum absolute atomic E-state index is 11.9. The standard InChI is InChI=1S/C16H17N3O3/c1-11-5-7-14(8-6-11)22-12(2)15(20)18-19-16(21)13-4-3-9-17-10-13/h3-10,12H,1-2H3,(H,18,20)(H,19,21). The molecule has 0 bridgehead atoms. The minimum Gasteiger partial charge on any atom is -0.481 e. The Kier molecular flexibility index (Phi) is 5.08. The van der Waals surface area contributed by atoms with E-state index in [0.29, 0.717) is 11.3 Å². The van der Waals surface area contributed by atoms with Gasteiger partial charge in [0.05, 0.1) is 5.56 Å². The van der Waals surface area contributed by atoms with Crippen LogP contribution in [-0.2, 0) is 4.79 Å². The number of carbonyl (C=O) groups excluding carboxylic acids is 2. The molecule has 1 heterocycles. The number of amides is 2. The van der Waals surface area contributed by atoms with Crippen LogP contribution in [0.25, 0.3) is 0 Å². The van der Waals surface area contributed by atoms with Crippen molar-refractivity contribution in [1.29, 1.82) is 0 Å². The van der Waals surface area contributed by atoms with Crippen molar-refractivity contribution >= 4 is 11.8 Å². The highest BCUT2D eigenvalue weighted by Gasteiger charge is 2.15. The van der Waals surface area contributed by atoms with Gasteiger partial charge in [-0.2, -0.15) is 0 Å². The van der Waals surface area contributed by atoms with E-state index in [9.17, 15) is 9.59 Å². The molecule has 1 aromatic carbocycles. The van der Waals surface area contributed by atoms with Gasteiger partial charge in [-0.05, 0) is 38.1 Å². The van der Waals surface area contributed by atoms with E-state index >= 15 is 0 Å². The average molecular weight is 299 g/mol. The molecule has 0 radical (unpaired) electrons. The number of hydrogen-bond donors (Lipinski definition) is 2. The van der Waals surface area contributed by atoms with Crippen LogP contribution in [-0.4, -0.2) is 22.9 Å². The number of hydrogen-bond acceptors (Lipinski definition) is 4. The van der Waals surface area contributed by atoms with Gasteiger partial charge >= 0.3 is 0 Å². The van der Waals surface area contributed by atoms with Crippen LogP contribution in [0.1, 0.15) is 22.8 Å². The molecule has 6 heteroatoms. The van der Waals surface area contributed by atoms with Gasteiger partial charge in [0.25, 0.3) is 11.8 Å². The van der Waals surface area contributed by atoms with Crippen LogP contribution in [0.2, 0.25) is 0 Å². The van der Waals surface area contributed by atoms with E-state index in [0.717, 1.165) is 5.56 Å². The van der Waals surface area contributed by atoms with Crippen LogP contribution in [0.3, 0.4) is 0 Å². The molecule has 1 aromatic heterocycles. The lowest BCUT2D eigenvalue weighted by molar-refractivity contribution is -0.128. The Balaban J connectivity index is 1.84. The smallest absolute Gasteiger partial charge is 0.279 e. The molecule has 22 heavy (non-hydrogen) atoms. The summed E-state index contributed by atoms with van der Waals surface area (Å²) in [5, 5.41) is 0. The van der Waals surface area contributed by atoms with Crippen molar-refractivity contribution < 1.29 is 14.3 Å². The third-order valence-electron chi connectivity index (χ3n) is 2.93. The van der Waals surface area contributed by atoms with Gasteiger partial charge in [0.1, 0.15) is 5.75 Å². The van der Waals surface area contributed by atoms with Crippen molar-refractivity contribution in [3.8, 4) is 5.75 Å². The van der Waals surface area contributed by atoms with E-state index < -0.39 is 17.9 Å². The summed E-state index contributed by atoms with van der Waals surface area (Å²) >= 11 is 0. The minimum absolute atomic E-state index is 0.356. The van der Waals surface area contributed by atoms with E-state index in [4.69, 9.17) is 4.74 Å². The van der Waals surface area contributed by atoms with E-state index in [1.165, 1.54) is 6.20 Å². The summed E-state index contributed by atoms with van der Waals surface area (Å²) in [7, 11) is 0. The van der Waals surface area contributed by atoms with E-state index in [1.54, 1.807) is 37.4 Å². The summed E-state index contributed by atoms with van der Waals surface area (Å²) in [4.78, 5) is 27.5. The third kappa shape index (κ3) is 4.31. The first-order valence-electron chi connectivity index (χ1n) is 6.80. The first-order chi connectivity index (χ1) is 10.6. The number of nitrogens with one attached hydrogen (secondary N) is 2. The van der Waals surface area contributed by atoms with Crippen LogP contribution < -0.4 is 15.6 Å². The van der Waals surface area contributed by atoms with E-state index in [1.807, 2.05) is 19.1 Å². The zero-order valence-corrected chi connectivity index (χ0v) is 12.4. The second-order valence-corrected chi connectivity index (χ2v) is 4.76. The van der Waals surface area contributed by atoms with Crippen molar-refractivity contribution in [2.75, 3.05) is 0 Å². The molecule has 2 rings (SSSR count). The fourth-order valence-electron chi connectivity index (χ4n) is 1.66. The maximum atomic E-state index is 11.9. The quantitative estimate of drug-likeness (QED) is 0.841. The largest absolute Gasteiger partial charge is 0.481 e. The summed E-state index contributed by atoms with van der Waals surface area (Å²) in [6.45, 7) is 3.57. The van der Waals surface area contributed by atoms with Crippen LogP contribution in [0, 0.1) is 6.92 Å². The summed E-state index contributed by atoms with van der Waals surface area (Å²) in [5.74, 6) is -0.298. The number of aromatic nitrogens is 1. The molecule has 2 N–H and O–H groups in total. The van der Waals surface area contributed by atoms with E-state index in [2.05, 4.69) is 15.8 Å². The molecule has 6 nitrogen and oxygen atoms in total. The van der Waals surface area contributed by atoms with Crippen molar-refractivity contribution in [1.82, 2.24) is 15.8 Å². The Morgan fingerprint density at radius 3 is 2.50 bits per heavy atom. The van der Waals surface area contributed by atoms with Crippen molar-refractivity contribution in [2.24, 2.45) is 0 Å². The normalized spacial score (nSPS) is 11.4.